The van der Waals surface area contributed by atoms with E-state index in [-0.39, 0.29) is 11.8 Å². The number of nitrogens with one attached hydrogen (secondary N) is 1. The maximum Gasteiger partial charge on any atom is 0.242 e. The second-order valence-electron chi connectivity index (χ2n) is 6.20. The van der Waals surface area contributed by atoms with Gasteiger partial charge in [0.25, 0.3) is 0 Å². The van der Waals surface area contributed by atoms with Crippen molar-refractivity contribution in [2.45, 2.75) is 19.8 Å². The van der Waals surface area contributed by atoms with E-state index in [4.69, 9.17) is 11.6 Å². The number of aryl methyl sites for hydroxylation is 1. The Kier molecular flexibility index (Phi) is 4.33. The zero-order valence-corrected chi connectivity index (χ0v) is 14.4. The van der Waals surface area contributed by atoms with Gasteiger partial charge in [0, 0.05) is 23.4 Å². The van der Waals surface area contributed by atoms with Crippen LogP contribution in [0, 0.1) is 12.3 Å². The highest BCUT2D eigenvalue weighted by Crippen LogP contribution is 2.48. The highest BCUT2D eigenvalue weighted by Gasteiger charge is 2.57. The minimum absolute atomic E-state index is 0.175. The fourth-order valence-corrected chi connectivity index (χ4v) is 2.90. The lowest BCUT2D eigenvalue weighted by Gasteiger charge is -2.23. The lowest BCUT2D eigenvalue weighted by atomic mass is 10.0. The van der Waals surface area contributed by atoms with Crippen LogP contribution in [0.2, 0.25) is 5.02 Å². The fourth-order valence-electron chi connectivity index (χ4n) is 2.72. The zero-order chi connectivity index (χ0) is 17.3. The standard InChI is InChI=1S/C19H19ClN2O2/c1-13-8-9-14(20)12-16(13)21-17(23)19(10-11-19)18(24)22(2)15-6-4-3-5-7-15/h3-9,12H,10-11H2,1-2H3,(H,21,23). The number of benzene rings is 2. The molecule has 5 heteroatoms. The minimum atomic E-state index is -0.973. The Hall–Kier alpha value is -2.33. The maximum atomic E-state index is 12.9. The Morgan fingerprint density at radius 1 is 1.12 bits per heavy atom. The molecule has 1 fully saturated rings. The van der Waals surface area contributed by atoms with Crippen LogP contribution in [0.3, 0.4) is 0 Å². The Labute approximate surface area is 146 Å². The summed E-state index contributed by atoms with van der Waals surface area (Å²) >= 11 is 6.00. The number of rotatable bonds is 4. The van der Waals surface area contributed by atoms with E-state index in [0.29, 0.717) is 23.6 Å². The normalized spacial score (nSPS) is 14.8. The predicted molar refractivity (Wildman–Crippen MR) is 96.3 cm³/mol. The third-order valence-corrected chi connectivity index (χ3v) is 4.73. The van der Waals surface area contributed by atoms with Gasteiger partial charge in [-0.1, -0.05) is 35.9 Å². The van der Waals surface area contributed by atoms with Crippen molar-refractivity contribution in [2.75, 3.05) is 17.3 Å². The third-order valence-electron chi connectivity index (χ3n) is 4.49. The molecule has 0 atom stereocenters. The Balaban J connectivity index is 1.79. The van der Waals surface area contributed by atoms with Gasteiger partial charge in [0.2, 0.25) is 11.8 Å². The van der Waals surface area contributed by atoms with Crippen LogP contribution in [0.4, 0.5) is 11.4 Å². The van der Waals surface area contributed by atoms with Gasteiger partial charge in [0.15, 0.2) is 0 Å². The number of anilines is 2. The summed E-state index contributed by atoms with van der Waals surface area (Å²) in [7, 11) is 1.70. The Bertz CT molecular complexity index is 785. The molecule has 0 aromatic heterocycles. The number of halogens is 1. The average molecular weight is 343 g/mol. The number of hydrogen-bond donors (Lipinski definition) is 1. The van der Waals surface area contributed by atoms with E-state index in [0.717, 1.165) is 11.3 Å². The van der Waals surface area contributed by atoms with Crippen LogP contribution in [0.25, 0.3) is 0 Å². The molecule has 1 N–H and O–H groups in total. The van der Waals surface area contributed by atoms with Crippen molar-refractivity contribution in [1.29, 1.82) is 0 Å². The Morgan fingerprint density at radius 2 is 1.79 bits per heavy atom. The molecule has 2 aromatic carbocycles. The SMILES string of the molecule is Cc1ccc(Cl)cc1NC(=O)C1(C(=O)N(C)c2ccccc2)CC1. The van der Waals surface area contributed by atoms with Crippen LogP contribution in [0.1, 0.15) is 18.4 Å². The van der Waals surface area contributed by atoms with Gasteiger partial charge in [0.1, 0.15) is 5.41 Å². The lowest BCUT2D eigenvalue weighted by Crippen LogP contribution is -2.41. The van der Waals surface area contributed by atoms with Gasteiger partial charge in [-0.05, 0) is 49.6 Å². The van der Waals surface area contributed by atoms with E-state index in [1.54, 1.807) is 24.1 Å². The summed E-state index contributed by atoms with van der Waals surface area (Å²) < 4.78 is 0. The second kappa shape index (κ2) is 6.29. The van der Waals surface area contributed by atoms with Crippen molar-refractivity contribution in [3.63, 3.8) is 0 Å². The molecule has 1 aliphatic rings. The molecule has 24 heavy (non-hydrogen) atoms. The van der Waals surface area contributed by atoms with E-state index in [1.807, 2.05) is 43.3 Å². The minimum Gasteiger partial charge on any atom is -0.325 e. The molecule has 2 aromatic rings. The highest BCUT2D eigenvalue weighted by atomic mass is 35.5. The smallest absolute Gasteiger partial charge is 0.242 e. The molecule has 0 bridgehead atoms. The molecule has 0 heterocycles. The van der Waals surface area contributed by atoms with E-state index in [1.165, 1.54) is 0 Å². The molecule has 0 unspecified atom stereocenters. The largest absolute Gasteiger partial charge is 0.325 e. The van der Waals surface area contributed by atoms with Gasteiger partial charge in [-0.25, -0.2) is 0 Å². The van der Waals surface area contributed by atoms with Crippen LogP contribution in [0.5, 0.6) is 0 Å². The molecule has 0 saturated heterocycles. The van der Waals surface area contributed by atoms with E-state index in [2.05, 4.69) is 5.32 Å². The zero-order valence-electron chi connectivity index (χ0n) is 13.7. The summed E-state index contributed by atoms with van der Waals surface area (Å²) in [5, 5.41) is 3.42. The van der Waals surface area contributed by atoms with Gasteiger partial charge in [0.05, 0.1) is 0 Å². The maximum absolute atomic E-state index is 12.9. The van der Waals surface area contributed by atoms with Gasteiger partial charge < -0.3 is 10.2 Å². The average Bonchev–Trinajstić information content (AvgIpc) is 3.39. The van der Waals surface area contributed by atoms with Crippen molar-refractivity contribution in [2.24, 2.45) is 5.41 Å². The molecular formula is C19H19ClN2O2. The van der Waals surface area contributed by atoms with Crippen molar-refractivity contribution in [3.05, 3.63) is 59.1 Å². The number of hydrogen-bond acceptors (Lipinski definition) is 2. The van der Waals surface area contributed by atoms with Crippen LogP contribution in [-0.4, -0.2) is 18.9 Å². The topological polar surface area (TPSA) is 49.4 Å². The molecule has 124 valence electrons. The summed E-state index contributed by atoms with van der Waals surface area (Å²) in [6.07, 6.45) is 1.13. The monoisotopic (exact) mass is 342 g/mol. The molecule has 4 nitrogen and oxygen atoms in total. The van der Waals surface area contributed by atoms with Gasteiger partial charge in [-0.2, -0.15) is 0 Å². The summed E-state index contributed by atoms with van der Waals surface area (Å²) in [5.41, 5.74) is 1.36. The number of nitrogens with zero attached hydrogens (tertiary/aromatic N) is 1. The van der Waals surface area contributed by atoms with E-state index >= 15 is 0 Å². The summed E-state index contributed by atoms with van der Waals surface area (Å²) in [6, 6.07) is 14.7. The summed E-state index contributed by atoms with van der Waals surface area (Å²) in [6.45, 7) is 1.89. The van der Waals surface area contributed by atoms with Crippen molar-refractivity contribution in [3.8, 4) is 0 Å². The molecule has 3 rings (SSSR count). The van der Waals surface area contributed by atoms with Gasteiger partial charge in [-0.15, -0.1) is 0 Å². The first-order chi connectivity index (χ1) is 11.4. The van der Waals surface area contributed by atoms with Crippen LogP contribution >= 0.6 is 11.6 Å². The number of carbonyl (C=O) groups excluding carboxylic acids is 2. The number of amides is 2. The quantitative estimate of drug-likeness (QED) is 0.853. The van der Waals surface area contributed by atoms with Crippen LogP contribution in [-0.2, 0) is 9.59 Å². The fraction of sp³-hybridized carbons (Fsp3) is 0.263. The van der Waals surface area contributed by atoms with E-state index in [9.17, 15) is 9.59 Å². The molecule has 1 saturated carbocycles. The van der Waals surface area contributed by atoms with Crippen LogP contribution in [0.15, 0.2) is 48.5 Å². The Morgan fingerprint density at radius 3 is 2.42 bits per heavy atom. The predicted octanol–water partition coefficient (Wildman–Crippen LogP) is 4.03. The molecule has 1 aliphatic carbocycles. The summed E-state index contributed by atoms with van der Waals surface area (Å²) in [4.78, 5) is 27.1. The molecular weight excluding hydrogens is 324 g/mol. The molecule has 2 amide bonds. The van der Waals surface area contributed by atoms with Crippen molar-refractivity contribution >= 4 is 34.8 Å². The second-order valence-corrected chi connectivity index (χ2v) is 6.63. The molecule has 0 spiro atoms. The van der Waals surface area contributed by atoms with Crippen molar-refractivity contribution < 1.29 is 9.59 Å². The highest BCUT2D eigenvalue weighted by molar-refractivity contribution is 6.31. The van der Waals surface area contributed by atoms with Gasteiger partial charge >= 0.3 is 0 Å². The third kappa shape index (κ3) is 3.02. The molecule has 0 aliphatic heterocycles. The first kappa shape index (κ1) is 16.5. The first-order valence-corrected chi connectivity index (χ1v) is 8.23. The molecule has 0 radical (unpaired) electrons. The lowest BCUT2D eigenvalue weighted by molar-refractivity contribution is -0.132. The van der Waals surface area contributed by atoms with E-state index < -0.39 is 5.41 Å². The van der Waals surface area contributed by atoms with Crippen LogP contribution < -0.4 is 10.2 Å². The first-order valence-electron chi connectivity index (χ1n) is 7.85. The number of carbonyl (C=O) groups is 2. The van der Waals surface area contributed by atoms with Gasteiger partial charge in [-0.3, -0.25) is 9.59 Å². The summed E-state index contributed by atoms with van der Waals surface area (Å²) in [5.74, 6) is -0.438. The number of para-hydroxylation sites is 1. The van der Waals surface area contributed by atoms with Crippen molar-refractivity contribution in [1.82, 2.24) is 0 Å².